The van der Waals surface area contributed by atoms with Gasteiger partial charge in [-0.2, -0.15) is 5.10 Å². The average molecular weight is 288 g/mol. The average Bonchev–Trinajstić information content (AvgIpc) is 3.15. The van der Waals surface area contributed by atoms with Gasteiger partial charge in [0, 0.05) is 24.3 Å². The van der Waals surface area contributed by atoms with Gasteiger partial charge in [0.2, 0.25) is 5.91 Å². The number of nitrogens with zero attached hydrogens (tertiary/aromatic N) is 2. The van der Waals surface area contributed by atoms with E-state index >= 15 is 0 Å². The molecular formula is C16H24N4O. The first-order valence-corrected chi connectivity index (χ1v) is 8.22. The van der Waals surface area contributed by atoms with E-state index in [4.69, 9.17) is 5.73 Å². The summed E-state index contributed by atoms with van der Waals surface area (Å²) in [6.07, 6.45) is 8.65. The van der Waals surface area contributed by atoms with E-state index in [2.05, 4.69) is 10.4 Å². The third kappa shape index (κ3) is 2.01. The van der Waals surface area contributed by atoms with Gasteiger partial charge in [-0.1, -0.05) is 0 Å². The van der Waals surface area contributed by atoms with Crippen molar-refractivity contribution in [2.24, 2.45) is 30.5 Å². The molecule has 0 radical (unpaired) electrons. The smallest absolute Gasteiger partial charge is 0.225 e. The highest BCUT2D eigenvalue weighted by molar-refractivity contribution is 5.81. The predicted molar refractivity (Wildman–Crippen MR) is 79.3 cm³/mol. The van der Waals surface area contributed by atoms with E-state index in [-0.39, 0.29) is 23.9 Å². The van der Waals surface area contributed by atoms with Crippen LogP contribution in [-0.2, 0) is 18.3 Å². The molecule has 114 valence electrons. The molecule has 2 bridgehead atoms. The molecule has 1 aromatic heterocycles. The van der Waals surface area contributed by atoms with Crippen molar-refractivity contribution in [3.05, 3.63) is 17.5 Å². The van der Waals surface area contributed by atoms with E-state index in [9.17, 15) is 4.79 Å². The summed E-state index contributed by atoms with van der Waals surface area (Å²) in [7, 11) is 1.98. The maximum Gasteiger partial charge on any atom is 0.225 e. The van der Waals surface area contributed by atoms with Crippen LogP contribution < -0.4 is 11.1 Å². The summed E-state index contributed by atoms with van der Waals surface area (Å²) in [6, 6.07) is 0.196. The van der Waals surface area contributed by atoms with Gasteiger partial charge in [0.25, 0.3) is 0 Å². The van der Waals surface area contributed by atoms with Crippen molar-refractivity contribution in [3.63, 3.8) is 0 Å². The molecule has 0 aromatic carbocycles. The molecule has 5 unspecified atom stereocenters. The lowest BCUT2D eigenvalue weighted by Crippen LogP contribution is -2.46. The van der Waals surface area contributed by atoms with Crippen molar-refractivity contribution < 1.29 is 4.79 Å². The minimum atomic E-state index is 0.0331. The van der Waals surface area contributed by atoms with Gasteiger partial charge in [-0.15, -0.1) is 0 Å². The molecular weight excluding hydrogens is 264 g/mol. The molecule has 2 fully saturated rings. The van der Waals surface area contributed by atoms with Crippen molar-refractivity contribution in [1.29, 1.82) is 0 Å². The number of fused-ring (bicyclic) bond motifs is 3. The summed E-state index contributed by atoms with van der Waals surface area (Å²) < 4.78 is 1.94. The Hall–Kier alpha value is -1.36. The fourth-order valence-corrected chi connectivity index (χ4v) is 4.85. The van der Waals surface area contributed by atoms with Crippen molar-refractivity contribution in [2.45, 2.75) is 50.6 Å². The first kappa shape index (κ1) is 13.3. The molecule has 5 heteroatoms. The number of aryl methyl sites for hydroxylation is 1. The van der Waals surface area contributed by atoms with E-state index in [0.29, 0.717) is 11.8 Å². The van der Waals surface area contributed by atoms with Gasteiger partial charge in [-0.3, -0.25) is 9.48 Å². The van der Waals surface area contributed by atoms with Crippen LogP contribution in [0.1, 0.15) is 49.4 Å². The largest absolute Gasteiger partial charge is 0.349 e. The first-order chi connectivity index (χ1) is 10.1. The lowest BCUT2D eigenvalue weighted by atomic mass is 9.83. The molecule has 1 aromatic rings. The molecule has 5 nitrogen and oxygen atoms in total. The van der Waals surface area contributed by atoms with E-state index in [1.807, 2.05) is 17.9 Å². The van der Waals surface area contributed by atoms with Crippen LogP contribution in [0, 0.1) is 17.8 Å². The van der Waals surface area contributed by atoms with Crippen LogP contribution in [0.4, 0.5) is 0 Å². The third-order valence-corrected chi connectivity index (χ3v) is 5.98. The van der Waals surface area contributed by atoms with Crippen LogP contribution in [-0.4, -0.2) is 21.7 Å². The number of amides is 1. The van der Waals surface area contributed by atoms with Crippen molar-refractivity contribution in [3.8, 4) is 0 Å². The third-order valence-electron chi connectivity index (χ3n) is 5.98. The second kappa shape index (κ2) is 4.83. The molecule has 5 atom stereocenters. The minimum Gasteiger partial charge on any atom is -0.349 e. The molecule has 3 aliphatic rings. The summed E-state index contributed by atoms with van der Waals surface area (Å²) in [6.45, 7) is 0. The highest BCUT2D eigenvalue weighted by Crippen LogP contribution is 2.48. The topological polar surface area (TPSA) is 72.9 Å². The molecule has 4 rings (SSSR count). The molecule has 0 spiro atoms. The number of aromatic nitrogens is 2. The Balaban J connectivity index is 1.51. The van der Waals surface area contributed by atoms with E-state index in [0.717, 1.165) is 25.7 Å². The number of carbonyl (C=O) groups excluding carboxylic acids is 1. The zero-order valence-electron chi connectivity index (χ0n) is 12.6. The number of nitrogens with two attached hydrogens (primary N) is 1. The van der Waals surface area contributed by atoms with Crippen LogP contribution in [0.5, 0.6) is 0 Å². The van der Waals surface area contributed by atoms with Gasteiger partial charge >= 0.3 is 0 Å². The lowest BCUT2D eigenvalue weighted by molar-refractivity contribution is -0.127. The summed E-state index contributed by atoms with van der Waals surface area (Å²) in [5.41, 5.74) is 8.76. The monoisotopic (exact) mass is 288 g/mol. The van der Waals surface area contributed by atoms with Gasteiger partial charge in [0.15, 0.2) is 0 Å². The van der Waals surface area contributed by atoms with Gasteiger partial charge in [0.1, 0.15) is 0 Å². The normalized spacial score (nSPS) is 37.5. The number of nitrogens with one attached hydrogen (secondary N) is 1. The zero-order chi connectivity index (χ0) is 14.6. The number of rotatable bonds is 2. The number of hydrogen-bond acceptors (Lipinski definition) is 3. The highest BCUT2D eigenvalue weighted by Gasteiger charge is 2.49. The maximum atomic E-state index is 12.7. The predicted octanol–water partition coefficient (Wildman–Crippen LogP) is 1.29. The second-order valence-electron chi connectivity index (χ2n) is 7.06. The fraction of sp³-hybridized carbons (Fsp3) is 0.750. The lowest BCUT2D eigenvalue weighted by Gasteiger charge is -2.30. The minimum absolute atomic E-state index is 0.0331. The molecule has 0 saturated heterocycles. The Morgan fingerprint density at radius 2 is 2.19 bits per heavy atom. The molecule has 1 heterocycles. The standard InChI is InChI=1S/C16H24N4O/c1-20-13-4-2-3-12(11(13)8-18-20)19-16(21)14-9-5-6-10(7-9)15(14)17/h8-10,12,14-15H,2-7,17H2,1H3,(H,19,21). The molecule has 21 heavy (non-hydrogen) atoms. The molecule has 0 aliphatic heterocycles. The van der Waals surface area contributed by atoms with Crippen LogP contribution in [0.3, 0.4) is 0 Å². The first-order valence-electron chi connectivity index (χ1n) is 8.22. The quantitative estimate of drug-likeness (QED) is 0.861. The number of hydrogen-bond donors (Lipinski definition) is 2. The van der Waals surface area contributed by atoms with Crippen molar-refractivity contribution in [1.82, 2.24) is 15.1 Å². The Bertz CT molecular complexity index is 565. The van der Waals surface area contributed by atoms with Crippen LogP contribution in [0.2, 0.25) is 0 Å². The Labute approximate surface area is 125 Å². The highest BCUT2D eigenvalue weighted by atomic mass is 16.2. The molecule has 1 amide bonds. The van der Waals surface area contributed by atoms with Gasteiger partial charge < -0.3 is 11.1 Å². The van der Waals surface area contributed by atoms with Crippen LogP contribution in [0.15, 0.2) is 6.20 Å². The summed E-state index contributed by atoms with van der Waals surface area (Å²) in [5, 5.41) is 7.62. The Morgan fingerprint density at radius 3 is 2.95 bits per heavy atom. The van der Waals surface area contributed by atoms with Gasteiger partial charge in [-0.05, 0) is 50.4 Å². The summed E-state index contributed by atoms with van der Waals surface area (Å²) in [5.74, 6) is 1.30. The molecule has 3 N–H and O–H groups in total. The Kier molecular flexibility index (Phi) is 3.06. The fourth-order valence-electron chi connectivity index (χ4n) is 4.85. The van der Waals surface area contributed by atoms with Crippen LogP contribution >= 0.6 is 0 Å². The molecule has 3 aliphatic carbocycles. The second-order valence-corrected chi connectivity index (χ2v) is 7.06. The zero-order valence-corrected chi connectivity index (χ0v) is 12.6. The van der Waals surface area contributed by atoms with Gasteiger partial charge in [0.05, 0.1) is 18.2 Å². The van der Waals surface area contributed by atoms with E-state index < -0.39 is 0 Å². The van der Waals surface area contributed by atoms with Gasteiger partial charge in [-0.25, -0.2) is 0 Å². The van der Waals surface area contributed by atoms with Crippen molar-refractivity contribution >= 4 is 5.91 Å². The maximum absolute atomic E-state index is 12.7. The van der Waals surface area contributed by atoms with Crippen molar-refractivity contribution in [2.75, 3.05) is 0 Å². The Morgan fingerprint density at radius 1 is 1.38 bits per heavy atom. The van der Waals surface area contributed by atoms with E-state index in [1.54, 1.807) is 0 Å². The van der Waals surface area contributed by atoms with E-state index in [1.165, 1.54) is 24.1 Å². The summed E-state index contributed by atoms with van der Waals surface area (Å²) >= 11 is 0. The molecule has 2 saturated carbocycles. The SMILES string of the molecule is Cn1ncc2c1CCCC2NC(=O)C1C2CCC(C2)C1N. The van der Waals surface area contributed by atoms with Crippen LogP contribution in [0.25, 0.3) is 0 Å². The number of carbonyl (C=O) groups is 1. The summed E-state index contributed by atoms with van der Waals surface area (Å²) in [4.78, 5) is 12.7.